The number of aromatic nitrogens is 2. The molecule has 2 nitrogen and oxygen atoms in total. The minimum atomic E-state index is 0.953. The molecule has 0 spiro atoms. The Hall–Kier alpha value is -3.78. The Morgan fingerprint density at radius 3 is 2.31 bits per heavy atom. The molecule has 0 N–H and O–H groups in total. The maximum atomic E-state index is 4.65. The standard InChI is InChI=1S/C27H18N2/c1-17-4-5-18-6-7-20-16-21(9-10-22(20)25(18)15-17)23-12-14-29-27-24(23)11-8-19-3-2-13-28-26(19)27/h2-16H,1H3. The van der Waals surface area contributed by atoms with E-state index in [-0.39, 0.29) is 0 Å². The molecule has 0 saturated carbocycles. The summed E-state index contributed by atoms with van der Waals surface area (Å²) in [4.78, 5) is 9.22. The Balaban J connectivity index is 1.62. The van der Waals surface area contributed by atoms with Gasteiger partial charge in [0.05, 0.1) is 11.0 Å². The zero-order valence-electron chi connectivity index (χ0n) is 16.1. The highest BCUT2D eigenvalue weighted by Gasteiger charge is 2.10. The number of hydrogen-bond acceptors (Lipinski definition) is 2. The van der Waals surface area contributed by atoms with Crippen molar-refractivity contribution in [2.24, 2.45) is 0 Å². The Kier molecular flexibility index (Phi) is 3.41. The molecule has 0 aliphatic heterocycles. The molecule has 0 amide bonds. The van der Waals surface area contributed by atoms with Crippen molar-refractivity contribution in [1.29, 1.82) is 0 Å². The lowest BCUT2D eigenvalue weighted by molar-refractivity contribution is 1.37. The lowest BCUT2D eigenvalue weighted by Crippen LogP contribution is -1.88. The van der Waals surface area contributed by atoms with E-state index in [9.17, 15) is 0 Å². The SMILES string of the molecule is Cc1ccc2ccc3cc(-c4ccnc5c4ccc4cccnc45)ccc3c2c1. The summed E-state index contributed by atoms with van der Waals surface area (Å²) in [6, 6.07) is 28.3. The second-order valence-corrected chi connectivity index (χ2v) is 7.62. The van der Waals surface area contributed by atoms with Gasteiger partial charge in [0.1, 0.15) is 0 Å². The highest BCUT2D eigenvalue weighted by Crippen LogP contribution is 2.34. The van der Waals surface area contributed by atoms with Crippen LogP contribution in [0.25, 0.3) is 54.5 Å². The fraction of sp³-hybridized carbons (Fsp3) is 0.0370. The molecule has 2 heteroatoms. The predicted octanol–water partition coefficient (Wildman–Crippen LogP) is 7.06. The monoisotopic (exact) mass is 370 g/mol. The van der Waals surface area contributed by atoms with Gasteiger partial charge in [-0.1, -0.05) is 66.2 Å². The lowest BCUT2D eigenvalue weighted by atomic mass is 9.95. The number of rotatable bonds is 1. The van der Waals surface area contributed by atoms with Gasteiger partial charge in [-0.25, -0.2) is 0 Å². The summed E-state index contributed by atoms with van der Waals surface area (Å²) >= 11 is 0. The average molecular weight is 370 g/mol. The number of aryl methyl sites for hydroxylation is 1. The minimum absolute atomic E-state index is 0.953. The van der Waals surface area contributed by atoms with Crippen LogP contribution >= 0.6 is 0 Å². The second-order valence-electron chi connectivity index (χ2n) is 7.62. The first-order chi connectivity index (χ1) is 14.3. The average Bonchev–Trinajstić information content (AvgIpc) is 2.78. The van der Waals surface area contributed by atoms with Crippen molar-refractivity contribution in [2.75, 3.05) is 0 Å². The molecule has 6 rings (SSSR count). The maximum Gasteiger partial charge on any atom is 0.0970 e. The van der Waals surface area contributed by atoms with Crippen LogP contribution < -0.4 is 0 Å². The topological polar surface area (TPSA) is 25.8 Å². The third-order valence-corrected chi connectivity index (χ3v) is 5.79. The molecule has 0 atom stereocenters. The van der Waals surface area contributed by atoms with Gasteiger partial charge >= 0.3 is 0 Å². The minimum Gasteiger partial charge on any atom is -0.254 e. The van der Waals surface area contributed by atoms with E-state index in [0.29, 0.717) is 0 Å². The zero-order valence-corrected chi connectivity index (χ0v) is 16.1. The number of hydrogen-bond donors (Lipinski definition) is 0. The number of fused-ring (bicyclic) bond motifs is 6. The molecule has 0 aliphatic carbocycles. The highest BCUT2D eigenvalue weighted by molar-refractivity contribution is 6.11. The van der Waals surface area contributed by atoms with E-state index >= 15 is 0 Å². The van der Waals surface area contributed by atoms with Crippen LogP contribution in [-0.4, -0.2) is 9.97 Å². The van der Waals surface area contributed by atoms with Crippen LogP contribution in [-0.2, 0) is 0 Å². The molecular formula is C27H18N2. The molecule has 0 bridgehead atoms. The van der Waals surface area contributed by atoms with E-state index in [2.05, 4.69) is 89.7 Å². The first kappa shape index (κ1) is 16.2. The summed E-state index contributed by atoms with van der Waals surface area (Å²) in [5, 5.41) is 7.39. The van der Waals surface area contributed by atoms with Gasteiger partial charge in [0.15, 0.2) is 0 Å². The lowest BCUT2D eigenvalue weighted by Gasteiger charge is -2.11. The summed E-state index contributed by atoms with van der Waals surface area (Å²) in [6.45, 7) is 2.15. The number of benzene rings is 4. The van der Waals surface area contributed by atoms with Crippen LogP contribution in [0.3, 0.4) is 0 Å². The van der Waals surface area contributed by atoms with E-state index < -0.39 is 0 Å². The van der Waals surface area contributed by atoms with E-state index in [0.717, 1.165) is 21.8 Å². The molecule has 4 aromatic carbocycles. The van der Waals surface area contributed by atoms with Crippen molar-refractivity contribution in [3.8, 4) is 11.1 Å². The van der Waals surface area contributed by atoms with Crippen molar-refractivity contribution in [1.82, 2.24) is 9.97 Å². The predicted molar refractivity (Wildman–Crippen MR) is 122 cm³/mol. The highest BCUT2D eigenvalue weighted by atomic mass is 14.7. The van der Waals surface area contributed by atoms with Crippen molar-refractivity contribution in [3.05, 3.63) is 96.8 Å². The van der Waals surface area contributed by atoms with Gasteiger partial charge in [0, 0.05) is 23.2 Å². The van der Waals surface area contributed by atoms with E-state index in [4.69, 9.17) is 0 Å². The molecular weight excluding hydrogens is 352 g/mol. The molecule has 2 heterocycles. The molecule has 2 aromatic heterocycles. The van der Waals surface area contributed by atoms with Gasteiger partial charge in [-0.05, 0) is 57.8 Å². The van der Waals surface area contributed by atoms with Crippen LogP contribution in [0.2, 0.25) is 0 Å². The Morgan fingerprint density at radius 1 is 0.552 bits per heavy atom. The first-order valence-corrected chi connectivity index (χ1v) is 9.84. The van der Waals surface area contributed by atoms with Crippen molar-refractivity contribution in [2.45, 2.75) is 6.92 Å². The van der Waals surface area contributed by atoms with Crippen LogP contribution in [0.1, 0.15) is 5.56 Å². The second kappa shape index (κ2) is 6.11. The number of pyridine rings is 2. The van der Waals surface area contributed by atoms with Crippen LogP contribution in [0.4, 0.5) is 0 Å². The van der Waals surface area contributed by atoms with E-state index in [1.165, 1.54) is 38.2 Å². The van der Waals surface area contributed by atoms with Gasteiger partial charge in [-0.15, -0.1) is 0 Å². The van der Waals surface area contributed by atoms with E-state index in [1.54, 1.807) is 0 Å². The summed E-state index contributed by atoms with van der Waals surface area (Å²) in [6.07, 6.45) is 3.72. The van der Waals surface area contributed by atoms with Gasteiger partial charge < -0.3 is 0 Å². The van der Waals surface area contributed by atoms with Crippen molar-refractivity contribution in [3.63, 3.8) is 0 Å². The Morgan fingerprint density at radius 2 is 1.34 bits per heavy atom. The maximum absolute atomic E-state index is 4.65. The zero-order chi connectivity index (χ0) is 19.4. The van der Waals surface area contributed by atoms with Gasteiger partial charge in [0.2, 0.25) is 0 Å². The molecule has 0 unspecified atom stereocenters. The molecule has 0 saturated heterocycles. The van der Waals surface area contributed by atoms with Gasteiger partial charge in [-0.2, -0.15) is 0 Å². The molecule has 136 valence electrons. The molecule has 6 aromatic rings. The van der Waals surface area contributed by atoms with Crippen LogP contribution in [0, 0.1) is 6.92 Å². The van der Waals surface area contributed by atoms with Crippen LogP contribution in [0.5, 0.6) is 0 Å². The van der Waals surface area contributed by atoms with Crippen molar-refractivity contribution < 1.29 is 0 Å². The normalized spacial score (nSPS) is 11.6. The quantitative estimate of drug-likeness (QED) is 0.289. The van der Waals surface area contributed by atoms with E-state index in [1.807, 2.05) is 18.5 Å². The first-order valence-electron chi connectivity index (χ1n) is 9.84. The van der Waals surface area contributed by atoms with Crippen LogP contribution in [0.15, 0.2) is 91.3 Å². The van der Waals surface area contributed by atoms with Gasteiger partial charge in [-0.3, -0.25) is 9.97 Å². The molecule has 29 heavy (non-hydrogen) atoms. The smallest absolute Gasteiger partial charge is 0.0970 e. The summed E-state index contributed by atoms with van der Waals surface area (Å²) < 4.78 is 0. The van der Waals surface area contributed by atoms with Gasteiger partial charge in [0.25, 0.3) is 0 Å². The largest absolute Gasteiger partial charge is 0.254 e. The fourth-order valence-electron chi connectivity index (χ4n) is 4.35. The number of nitrogens with zero attached hydrogens (tertiary/aromatic N) is 2. The summed E-state index contributed by atoms with van der Waals surface area (Å²) in [7, 11) is 0. The third kappa shape index (κ3) is 2.50. The summed E-state index contributed by atoms with van der Waals surface area (Å²) in [5.41, 5.74) is 5.58. The Labute approximate surface area is 168 Å². The molecule has 0 fully saturated rings. The fourth-order valence-corrected chi connectivity index (χ4v) is 4.35. The molecule has 0 aliphatic rings. The Bertz CT molecular complexity index is 1560. The van der Waals surface area contributed by atoms with Crippen molar-refractivity contribution >= 4 is 43.4 Å². The third-order valence-electron chi connectivity index (χ3n) is 5.79. The summed E-state index contributed by atoms with van der Waals surface area (Å²) in [5.74, 6) is 0. The molecule has 0 radical (unpaired) electrons.